The minimum absolute atomic E-state index is 0.0705. The number of hydrogen-bond acceptors (Lipinski definition) is 4. The molecule has 2 aromatic heterocycles. The molecule has 0 radical (unpaired) electrons. The van der Waals surface area contributed by atoms with E-state index in [4.69, 9.17) is 0 Å². The van der Waals surface area contributed by atoms with Gasteiger partial charge in [-0.3, -0.25) is 14.9 Å². The summed E-state index contributed by atoms with van der Waals surface area (Å²) in [6.07, 6.45) is 7.42. The third-order valence-electron chi connectivity index (χ3n) is 5.56. The van der Waals surface area contributed by atoms with E-state index in [1.165, 1.54) is 0 Å². The van der Waals surface area contributed by atoms with Crippen LogP contribution in [0.2, 0.25) is 0 Å². The normalized spacial score (nSPS) is 26.2. The summed E-state index contributed by atoms with van der Waals surface area (Å²) in [6.45, 7) is 2.61. The van der Waals surface area contributed by atoms with Crippen LogP contribution in [0.15, 0.2) is 49.1 Å². The maximum Gasteiger partial charge on any atom is 0.257 e. The highest BCUT2D eigenvalue weighted by Gasteiger charge is 2.59. The number of aromatic nitrogens is 2. The third kappa shape index (κ3) is 3.11. The summed E-state index contributed by atoms with van der Waals surface area (Å²) in [7, 11) is 0. The molecule has 2 saturated heterocycles. The number of alkyl halides is 2. The highest BCUT2D eigenvalue weighted by Crippen LogP contribution is 2.50. The summed E-state index contributed by atoms with van der Waals surface area (Å²) in [4.78, 5) is 12.4. The van der Waals surface area contributed by atoms with Crippen molar-refractivity contribution in [3.05, 3.63) is 54.6 Å². The van der Waals surface area contributed by atoms with Gasteiger partial charge in [0.15, 0.2) is 0 Å². The second-order valence-corrected chi connectivity index (χ2v) is 7.18. The number of piperidine rings is 1. The van der Waals surface area contributed by atoms with Crippen molar-refractivity contribution in [2.24, 2.45) is 5.41 Å². The van der Waals surface area contributed by atoms with Crippen LogP contribution in [0.1, 0.15) is 18.4 Å². The van der Waals surface area contributed by atoms with Crippen LogP contribution in [0.25, 0.3) is 0 Å². The molecule has 1 unspecified atom stereocenters. The molecule has 0 aliphatic carbocycles. The molecule has 25 heavy (non-hydrogen) atoms. The van der Waals surface area contributed by atoms with Gasteiger partial charge in [-0.2, -0.15) is 0 Å². The predicted octanol–water partition coefficient (Wildman–Crippen LogP) is 3.21. The van der Waals surface area contributed by atoms with Gasteiger partial charge < -0.3 is 4.90 Å². The van der Waals surface area contributed by atoms with Crippen LogP contribution < -0.4 is 4.90 Å². The Morgan fingerprint density at radius 1 is 0.960 bits per heavy atom. The molecule has 1 spiro atoms. The second kappa shape index (κ2) is 6.33. The number of nitrogens with zero attached hydrogens (tertiary/aromatic N) is 4. The Bertz CT molecular complexity index is 710. The summed E-state index contributed by atoms with van der Waals surface area (Å²) >= 11 is 0. The predicted molar refractivity (Wildman–Crippen MR) is 92.6 cm³/mol. The van der Waals surface area contributed by atoms with Crippen LogP contribution in [0.3, 0.4) is 0 Å². The van der Waals surface area contributed by atoms with Crippen LogP contribution in [-0.4, -0.2) is 47.0 Å². The summed E-state index contributed by atoms with van der Waals surface area (Å²) < 4.78 is 29.8. The van der Waals surface area contributed by atoms with E-state index < -0.39 is 11.3 Å². The summed E-state index contributed by atoms with van der Waals surface area (Å²) in [6, 6.07) is 7.71. The molecule has 0 amide bonds. The Balaban J connectivity index is 1.52. The van der Waals surface area contributed by atoms with Crippen LogP contribution in [0.4, 0.5) is 14.5 Å². The summed E-state index contributed by atoms with van der Waals surface area (Å²) in [5.41, 5.74) is 1.08. The molecule has 2 aliphatic rings. The smallest absolute Gasteiger partial charge is 0.257 e. The van der Waals surface area contributed by atoms with Gasteiger partial charge in [0.05, 0.1) is 17.3 Å². The quantitative estimate of drug-likeness (QED) is 0.856. The van der Waals surface area contributed by atoms with E-state index in [9.17, 15) is 8.78 Å². The molecular formula is C19H22F2N4. The minimum Gasteiger partial charge on any atom is -0.369 e. The van der Waals surface area contributed by atoms with Crippen LogP contribution >= 0.6 is 0 Å². The SMILES string of the molecule is FC1(F)CCN(Cc2ccncc2)CC12CCN(c1cccnc1)C2. The Labute approximate surface area is 146 Å². The van der Waals surface area contributed by atoms with E-state index in [0.29, 0.717) is 39.1 Å². The molecule has 0 bridgehead atoms. The third-order valence-corrected chi connectivity index (χ3v) is 5.56. The van der Waals surface area contributed by atoms with Crippen LogP contribution in [-0.2, 0) is 6.54 Å². The topological polar surface area (TPSA) is 32.3 Å². The summed E-state index contributed by atoms with van der Waals surface area (Å²) in [5.74, 6) is -2.63. The number of rotatable bonds is 3. The highest BCUT2D eigenvalue weighted by atomic mass is 19.3. The van der Waals surface area contributed by atoms with Gasteiger partial charge in [0.25, 0.3) is 5.92 Å². The van der Waals surface area contributed by atoms with E-state index >= 15 is 0 Å². The number of halogens is 2. The van der Waals surface area contributed by atoms with Crippen molar-refractivity contribution in [2.75, 3.05) is 31.1 Å². The van der Waals surface area contributed by atoms with Crippen molar-refractivity contribution in [3.8, 4) is 0 Å². The number of anilines is 1. The van der Waals surface area contributed by atoms with Crippen molar-refractivity contribution in [1.29, 1.82) is 0 Å². The van der Waals surface area contributed by atoms with Gasteiger partial charge in [-0.05, 0) is 36.2 Å². The van der Waals surface area contributed by atoms with Gasteiger partial charge in [0, 0.05) is 57.7 Å². The van der Waals surface area contributed by atoms with E-state index in [0.717, 1.165) is 11.3 Å². The number of likely N-dealkylation sites (tertiary alicyclic amines) is 1. The lowest BCUT2D eigenvalue weighted by Crippen LogP contribution is -2.56. The fourth-order valence-electron chi connectivity index (χ4n) is 4.13. The van der Waals surface area contributed by atoms with E-state index in [1.807, 2.05) is 24.3 Å². The van der Waals surface area contributed by atoms with Crippen molar-refractivity contribution < 1.29 is 8.78 Å². The monoisotopic (exact) mass is 344 g/mol. The first kappa shape index (κ1) is 16.4. The summed E-state index contributed by atoms with van der Waals surface area (Å²) in [5, 5.41) is 0. The van der Waals surface area contributed by atoms with Crippen molar-refractivity contribution >= 4 is 5.69 Å². The van der Waals surface area contributed by atoms with Crippen LogP contribution in [0, 0.1) is 5.41 Å². The molecule has 0 saturated carbocycles. The molecule has 6 heteroatoms. The molecule has 2 aliphatic heterocycles. The van der Waals surface area contributed by atoms with E-state index in [1.54, 1.807) is 24.8 Å². The number of pyridine rings is 2. The Morgan fingerprint density at radius 3 is 2.56 bits per heavy atom. The average Bonchev–Trinajstić information content (AvgIpc) is 3.06. The maximum atomic E-state index is 14.9. The second-order valence-electron chi connectivity index (χ2n) is 7.18. The van der Waals surface area contributed by atoms with Crippen molar-refractivity contribution in [2.45, 2.75) is 25.3 Å². The molecule has 132 valence electrons. The van der Waals surface area contributed by atoms with Gasteiger partial charge in [-0.1, -0.05) is 0 Å². The zero-order valence-corrected chi connectivity index (χ0v) is 14.1. The minimum atomic E-state index is -2.63. The van der Waals surface area contributed by atoms with Crippen LogP contribution in [0.5, 0.6) is 0 Å². The lowest BCUT2D eigenvalue weighted by molar-refractivity contribution is -0.158. The fraction of sp³-hybridized carbons (Fsp3) is 0.474. The zero-order valence-electron chi connectivity index (χ0n) is 14.1. The number of hydrogen-bond donors (Lipinski definition) is 0. The molecule has 0 N–H and O–H groups in total. The van der Waals surface area contributed by atoms with Gasteiger partial charge in [0.2, 0.25) is 0 Å². The van der Waals surface area contributed by atoms with Gasteiger partial charge >= 0.3 is 0 Å². The fourth-order valence-corrected chi connectivity index (χ4v) is 4.13. The molecular weight excluding hydrogens is 322 g/mol. The first-order valence-corrected chi connectivity index (χ1v) is 8.72. The standard InChI is InChI=1S/C19H22F2N4/c20-19(21)6-10-24(13-16-3-8-22-9-4-16)14-18(19)5-11-25(15-18)17-2-1-7-23-12-17/h1-4,7-9,12H,5-6,10-11,13-15H2. The molecule has 4 nitrogen and oxygen atoms in total. The largest absolute Gasteiger partial charge is 0.369 e. The van der Waals surface area contributed by atoms with Crippen molar-refractivity contribution in [3.63, 3.8) is 0 Å². The molecule has 1 atom stereocenters. The lowest BCUT2D eigenvalue weighted by Gasteiger charge is -2.46. The first-order chi connectivity index (χ1) is 12.1. The Morgan fingerprint density at radius 2 is 1.80 bits per heavy atom. The molecule has 4 heterocycles. The lowest BCUT2D eigenvalue weighted by atomic mass is 9.75. The Kier molecular flexibility index (Phi) is 4.15. The zero-order chi connectivity index (χ0) is 17.3. The molecule has 2 aromatic rings. The maximum absolute atomic E-state index is 14.9. The molecule has 0 aromatic carbocycles. The van der Waals surface area contributed by atoms with Crippen molar-refractivity contribution in [1.82, 2.24) is 14.9 Å². The van der Waals surface area contributed by atoms with Gasteiger partial charge in [0.1, 0.15) is 0 Å². The van der Waals surface area contributed by atoms with Gasteiger partial charge in [-0.15, -0.1) is 0 Å². The first-order valence-electron chi connectivity index (χ1n) is 8.72. The van der Waals surface area contributed by atoms with E-state index in [-0.39, 0.29) is 6.42 Å². The Hall–Kier alpha value is -2.08. The van der Waals surface area contributed by atoms with E-state index in [2.05, 4.69) is 19.8 Å². The molecule has 4 rings (SSSR count). The molecule has 2 fully saturated rings. The van der Waals surface area contributed by atoms with Gasteiger partial charge in [-0.25, -0.2) is 8.78 Å². The average molecular weight is 344 g/mol. The highest BCUT2D eigenvalue weighted by molar-refractivity contribution is 5.45.